The molecule has 0 N–H and O–H groups in total. The predicted molar refractivity (Wildman–Crippen MR) is 197 cm³/mol. The minimum Gasteiger partial charge on any atom is -0.490 e. The van der Waals surface area contributed by atoms with Crippen LogP contribution >= 0.6 is 0 Å². The van der Waals surface area contributed by atoms with Crippen LogP contribution in [0, 0.1) is 0 Å². The maximum absolute atomic E-state index is 6.41. The molecule has 2 aromatic heterocycles. The van der Waals surface area contributed by atoms with Gasteiger partial charge in [-0.25, -0.2) is 4.98 Å². The largest absolute Gasteiger partial charge is 0.490 e. The van der Waals surface area contributed by atoms with Crippen LogP contribution in [0.3, 0.4) is 0 Å². The third kappa shape index (κ3) is 12.2. The molecule has 0 saturated heterocycles. The lowest BCUT2D eigenvalue weighted by Gasteiger charge is -2.15. The van der Waals surface area contributed by atoms with Crippen molar-refractivity contribution < 1.29 is 9.47 Å². The topological polar surface area (TPSA) is 44.2 Å². The van der Waals surface area contributed by atoms with Crippen LogP contribution in [0.25, 0.3) is 33.1 Å². The van der Waals surface area contributed by atoms with Crippen LogP contribution in [0.4, 0.5) is 0 Å². The second-order valence-electron chi connectivity index (χ2n) is 13.1. The molecule has 0 aliphatic carbocycles. The Hall–Kier alpha value is -3.14. The van der Waals surface area contributed by atoms with Crippen molar-refractivity contribution in [2.45, 2.75) is 142 Å². The molecule has 0 spiro atoms. The first-order valence-corrected chi connectivity index (χ1v) is 18.8. The van der Waals surface area contributed by atoms with Crippen LogP contribution < -0.4 is 9.47 Å². The smallest absolute Gasteiger partial charge is 0.161 e. The minimum absolute atomic E-state index is 0.717. The van der Waals surface area contributed by atoms with E-state index < -0.39 is 0 Å². The van der Waals surface area contributed by atoms with Gasteiger partial charge >= 0.3 is 0 Å². The van der Waals surface area contributed by atoms with E-state index in [0.29, 0.717) is 6.61 Å². The third-order valence-corrected chi connectivity index (χ3v) is 9.18. The van der Waals surface area contributed by atoms with Crippen molar-refractivity contribution in [2.24, 2.45) is 0 Å². The summed E-state index contributed by atoms with van der Waals surface area (Å²) in [6.07, 6.45) is 28.3. The van der Waals surface area contributed by atoms with Gasteiger partial charge in [-0.3, -0.25) is 4.98 Å². The Balaban J connectivity index is 1.31. The zero-order chi connectivity index (χ0) is 32.1. The SMILES string of the molecule is CCCCCCCCCCCCOc1ccc(-c2ccc3ccc4cccnc4c3n2)cc1OCCCCCCCCCCCC. The normalized spacial score (nSPS) is 11.4. The van der Waals surface area contributed by atoms with E-state index in [9.17, 15) is 0 Å². The molecule has 4 nitrogen and oxygen atoms in total. The van der Waals surface area contributed by atoms with Gasteiger partial charge in [-0.15, -0.1) is 0 Å². The average molecular weight is 625 g/mol. The van der Waals surface area contributed by atoms with E-state index in [2.05, 4.69) is 67.4 Å². The van der Waals surface area contributed by atoms with Crippen molar-refractivity contribution in [2.75, 3.05) is 13.2 Å². The Bertz CT molecular complexity index is 1400. The lowest BCUT2D eigenvalue weighted by atomic mass is 10.1. The van der Waals surface area contributed by atoms with Crippen LogP contribution in [0.2, 0.25) is 0 Å². The fraction of sp³-hybridized carbons (Fsp3) is 0.571. The van der Waals surface area contributed by atoms with Gasteiger partial charge in [0.15, 0.2) is 11.5 Å². The second kappa shape index (κ2) is 21.6. The Labute approximate surface area is 279 Å². The summed E-state index contributed by atoms with van der Waals surface area (Å²) in [6, 6.07) is 18.9. The van der Waals surface area contributed by atoms with Crippen LogP contribution in [-0.4, -0.2) is 23.2 Å². The molecule has 46 heavy (non-hydrogen) atoms. The summed E-state index contributed by atoms with van der Waals surface area (Å²) in [4.78, 5) is 9.72. The number of unbranched alkanes of at least 4 members (excludes halogenated alkanes) is 18. The van der Waals surface area contributed by atoms with Crippen LogP contribution in [0.5, 0.6) is 11.5 Å². The summed E-state index contributed by atoms with van der Waals surface area (Å²) in [5, 5.41) is 2.21. The van der Waals surface area contributed by atoms with Crippen molar-refractivity contribution >= 4 is 21.8 Å². The fourth-order valence-corrected chi connectivity index (χ4v) is 6.33. The van der Waals surface area contributed by atoms with E-state index in [1.807, 2.05) is 12.3 Å². The maximum Gasteiger partial charge on any atom is 0.161 e. The molecule has 0 aliphatic rings. The Morgan fingerprint density at radius 1 is 0.478 bits per heavy atom. The maximum atomic E-state index is 6.41. The molecule has 0 bridgehead atoms. The Morgan fingerprint density at radius 3 is 1.57 bits per heavy atom. The number of aromatic nitrogens is 2. The van der Waals surface area contributed by atoms with Gasteiger partial charge in [0, 0.05) is 22.5 Å². The summed E-state index contributed by atoms with van der Waals surface area (Å²) >= 11 is 0. The Morgan fingerprint density at radius 2 is 0.978 bits per heavy atom. The van der Waals surface area contributed by atoms with E-state index in [-0.39, 0.29) is 0 Å². The lowest BCUT2D eigenvalue weighted by Crippen LogP contribution is -2.03. The molecular formula is C42H60N2O2. The molecule has 0 atom stereocenters. The lowest BCUT2D eigenvalue weighted by molar-refractivity contribution is 0.258. The van der Waals surface area contributed by atoms with Crippen molar-refractivity contribution in [1.82, 2.24) is 9.97 Å². The number of fused-ring (bicyclic) bond motifs is 3. The zero-order valence-electron chi connectivity index (χ0n) is 29.0. The summed E-state index contributed by atoms with van der Waals surface area (Å²) in [5.41, 5.74) is 3.84. The van der Waals surface area contributed by atoms with Gasteiger partial charge < -0.3 is 9.47 Å². The predicted octanol–water partition coefficient (Wildman–Crippen LogP) is 13.0. The summed E-state index contributed by atoms with van der Waals surface area (Å²) in [7, 11) is 0. The van der Waals surface area contributed by atoms with Crippen molar-refractivity contribution in [3.05, 3.63) is 60.8 Å². The van der Waals surface area contributed by atoms with E-state index in [0.717, 1.165) is 64.0 Å². The molecule has 4 aromatic rings. The molecule has 250 valence electrons. The van der Waals surface area contributed by atoms with Crippen molar-refractivity contribution in [3.63, 3.8) is 0 Å². The first-order chi connectivity index (χ1) is 22.8. The van der Waals surface area contributed by atoms with Gasteiger partial charge in [-0.05, 0) is 43.2 Å². The van der Waals surface area contributed by atoms with Gasteiger partial charge in [-0.1, -0.05) is 154 Å². The summed E-state index contributed by atoms with van der Waals surface area (Å²) in [5.74, 6) is 1.68. The van der Waals surface area contributed by atoms with Gasteiger partial charge in [0.2, 0.25) is 0 Å². The monoisotopic (exact) mass is 624 g/mol. The van der Waals surface area contributed by atoms with Crippen molar-refractivity contribution in [1.29, 1.82) is 0 Å². The number of nitrogens with zero attached hydrogens (tertiary/aromatic N) is 2. The average Bonchev–Trinajstić information content (AvgIpc) is 3.09. The highest BCUT2D eigenvalue weighted by Gasteiger charge is 2.11. The molecule has 0 radical (unpaired) electrons. The highest BCUT2D eigenvalue weighted by molar-refractivity contribution is 6.03. The second-order valence-corrected chi connectivity index (χ2v) is 13.1. The first-order valence-electron chi connectivity index (χ1n) is 18.8. The molecule has 0 amide bonds. The van der Waals surface area contributed by atoms with Crippen LogP contribution in [0.15, 0.2) is 60.8 Å². The molecule has 2 heterocycles. The number of hydrogen-bond donors (Lipinski definition) is 0. The number of rotatable bonds is 25. The van der Waals surface area contributed by atoms with E-state index in [1.165, 1.54) is 116 Å². The molecule has 4 rings (SSSR count). The number of pyridine rings is 2. The molecular weight excluding hydrogens is 564 g/mol. The number of hydrogen-bond acceptors (Lipinski definition) is 4. The number of ether oxygens (including phenoxy) is 2. The Kier molecular flexibility index (Phi) is 16.8. The fourth-order valence-electron chi connectivity index (χ4n) is 6.33. The summed E-state index contributed by atoms with van der Waals surface area (Å²) in [6.45, 7) is 6.02. The van der Waals surface area contributed by atoms with Crippen LogP contribution in [0.1, 0.15) is 142 Å². The summed E-state index contributed by atoms with van der Waals surface area (Å²) < 4.78 is 12.7. The van der Waals surface area contributed by atoms with Gasteiger partial charge in [0.25, 0.3) is 0 Å². The molecule has 2 aromatic carbocycles. The minimum atomic E-state index is 0.717. The van der Waals surface area contributed by atoms with Crippen LogP contribution in [-0.2, 0) is 0 Å². The molecule has 0 saturated carbocycles. The standard InChI is InChI=1S/C42H60N2O2/c1-3-5-7-9-11-13-15-17-19-21-32-45-39-30-28-37(34-40(39)46-33-22-20-18-16-14-12-10-8-6-4-2)38-29-27-36-26-25-35-24-23-31-43-41(35)42(36)44-38/h23-31,34H,3-22,32-33H2,1-2H3. The highest BCUT2D eigenvalue weighted by Crippen LogP contribution is 2.34. The van der Waals surface area contributed by atoms with Gasteiger partial charge in [-0.2, -0.15) is 0 Å². The van der Waals surface area contributed by atoms with Gasteiger partial charge in [0.05, 0.1) is 29.9 Å². The van der Waals surface area contributed by atoms with E-state index in [4.69, 9.17) is 14.5 Å². The highest BCUT2D eigenvalue weighted by atomic mass is 16.5. The molecule has 0 aliphatic heterocycles. The molecule has 0 fully saturated rings. The molecule has 0 unspecified atom stereocenters. The zero-order valence-corrected chi connectivity index (χ0v) is 29.0. The number of benzene rings is 2. The van der Waals surface area contributed by atoms with Crippen molar-refractivity contribution in [3.8, 4) is 22.8 Å². The van der Waals surface area contributed by atoms with E-state index >= 15 is 0 Å². The third-order valence-electron chi connectivity index (χ3n) is 9.18. The van der Waals surface area contributed by atoms with Gasteiger partial charge in [0.1, 0.15) is 0 Å². The van der Waals surface area contributed by atoms with E-state index in [1.54, 1.807) is 0 Å². The quantitative estimate of drug-likeness (QED) is 0.0543. The molecule has 4 heteroatoms. The first kappa shape index (κ1) is 35.7.